The lowest BCUT2D eigenvalue weighted by Crippen LogP contribution is -2.47. The maximum Gasteiger partial charge on any atom is 0.111 e. The second kappa shape index (κ2) is 15.4. The van der Waals surface area contributed by atoms with Gasteiger partial charge in [-0.1, -0.05) is 58.1 Å². The monoisotopic (exact) mass is 390 g/mol. The summed E-state index contributed by atoms with van der Waals surface area (Å²) in [5, 5.41) is 47.0. The lowest BCUT2D eigenvalue weighted by atomic mass is 9.94. The second-order valence-corrected chi connectivity index (χ2v) is 8.21. The van der Waals surface area contributed by atoms with Crippen LogP contribution in [0.4, 0.5) is 0 Å². The van der Waals surface area contributed by atoms with E-state index < -0.39 is 31.0 Å². The Morgan fingerprint density at radius 2 is 1.48 bits per heavy atom. The van der Waals surface area contributed by atoms with Crippen LogP contribution in [0.25, 0.3) is 0 Å². The minimum absolute atomic E-state index is 0.160. The first-order valence-electron chi connectivity index (χ1n) is 10.3. The lowest BCUT2D eigenvalue weighted by Gasteiger charge is -2.25. The summed E-state index contributed by atoms with van der Waals surface area (Å²) in [7, 11) is 0. The largest absolute Gasteiger partial charge is 0.394 e. The molecule has 0 aromatic heterocycles. The van der Waals surface area contributed by atoms with Gasteiger partial charge in [-0.3, -0.25) is 0 Å². The molecule has 0 saturated carbocycles. The van der Waals surface area contributed by atoms with Crippen LogP contribution >= 0.6 is 0 Å². The molecule has 0 aliphatic heterocycles. The maximum absolute atomic E-state index is 9.76. The molecule has 0 radical (unpaired) electrons. The summed E-state index contributed by atoms with van der Waals surface area (Å²) < 4.78 is 5.31. The molecule has 0 fully saturated rings. The third-order valence-electron chi connectivity index (χ3n) is 4.91. The number of allylic oxidation sites excluding steroid dienone is 1. The number of aliphatic hydroxyl groups is 5. The summed E-state index contributed by atoms with van der Waals surface area (Å²) in [6.45, 7) is 8.37. The van der Waals surface area contributed by atoms with Crippen LogP contribution in [0.3, 0.4) is 0 Å². The van der Waals surface area contributed by atoms with E-state index in [9.17, 15) is 20.4 Å². The maximum atomic E-state index is 9.76. The fourth-order valence-corrected chi connectivity index (χ4v) is 2.90. The van der Waals surface area contributed by atoms with Crippen molar-refractivity contribution in [3.63, 3.8) is 0 Å². The third kappa shape index (κ3) is 13.3. The minimum atomic E-state index is -1.62. The number of aliphatic hydroxyl groups excluding tert-OH is 5. The van der Waals surface area contributed by atoms with E-state index in [2.05, 4.69) is 27.7 Å². The molecule has 6 nitrogen and oxygen atoms in total. The van der Waals surface area contributed by atoms with E-state index in [-0.39, 0.29) is 6.61 Å². The average Bonchev–Trinajstić information content (AvgIpc) is 2.62. The van der Waals surface area contributed by atoms with Crippen LogP contribution < -0.4 is 0 Å². The highest BCUT2D eigenvalue weighted by Gasteiger charge is 2.29. The molecule has 0 aliphatic rings. The molecular weight excluding hydrogens is 348 g/mol. The van der Waals surface area contributed by atoms with Gasteiger partial charge in [0.05, 0.1) is 19.8 Å². The van der Waals surface area contributed by atoms with Gasteiger partial charge in [-0.2, -0.15) is 0 Å². The van der Waals surface area contributed by atoms with Crippen molar-refractivity contribution >= 4 is 0 Å². The first kappa shape index (κ1) is 26.5. The zero-order chi connectivity index (χ0) is 20.8. The minimum Gasteiger partial charge on any atom is -0.394 e. The van der Waals surface area contributed by atoms with Gasteiger partial charge in [0.25, 0.3) is 0 Å². The van der Waals surface area contributed by atoms with Crippen LogP contribution in [0.1, 0.15) is 66.2 Å². The molecule has 5 N–H and O–H groups in total. The Balaban J connectivity index is 3.89. The quantitative estimate of drug-likeness (QED) is 0.204. The molecule has 0 bridgehead atoms. The topological polar surface area (TPSA) is 110 Å². The zero-order valence-corrected chi connectivity index (χ0v) is 17.5. The second-order valence-electron chi connectivity index (χ2n) is 8.21. The Morgan fingerprint density at radius 1 is 0.889 bits per heavy atom. The molecule has 0 rings (SSSR count). The summed E-state index contributed by atoms with van der Waals surface area (Å²) in [5.41, 5.74) is 1.23. The normalized spacial score (nSPS) is 18.4. The standard InChI is InChI=1S/C21H42O6/c1-15(2)7-5-8-16(3)9-6-10-17(4)11-12-27-14-19(24)21(26)20(25)18(23)13-22/h11,15-16,18-26H,5-10,12-14H2,1-4H3/t16?,18-,19-,20-,21-/m0/s1. The van der Waals surface area contributed by atoms with Gasteiger partial charge in [0.1, 0.15) is 24.4 Å². The smallest absolute Gasteiger partial charge is 0.111 e. The Labute approximate surface area is 164 Å². The highest BCUT2D eigenvalue weighted by molar-refractivity contribution is 4.97. The summed E-state index contributed by atoms with van der Waals surface area (Å²) in [6, 6.07) is 0. The summed E-state index contributed by atoms with van der Waals surface area (Å²) in [4.78, 5) is 0. The Bertz CT molecular complexity index is 385. The molecule has 0 saturated heterocycles. The molecule has 0 aliphatic carbocycles. The molecular formula is C21H42O6. The fraction of sp³-hybridized carbons (Fsp3) is 0.905. The van der Waals surface area contributed by atoms with Crippen molar-refractivity contribution in [2.45, 2.75) is 90.6 Å². The van der Waals surface area contributed by atoms with Gasteiger partial charge in [0.2, 0.25) is 0 Å². The Morgan fingerprint density at radius 3 is 2.07 bits per heavy atom. The van der Waals surface area contributed by atoms with Crippen molar-refractivity contribution in [2.24, 2.45) is 11.8 Å². The van der Waals surface area contributed by atoms with Gasteiger partial charge < -0.3 is 30.3 Å². The van der Waals surface area contributed by atoms with E-state index in [1.165, 1.54) is 31.3 Å². The molecule has 6 heteroatoms. The molecule has 5 atom stereocenters. The zero-order valence-electron chi connectivity index (χ0n) is 17.5. The third-order valence-corrected chi connectivity index (χ3v) is 4.91. The molecule has 0 aromatic rings. The van der Waals surface area contributed by atoms with Crippen LogP contribution in [0, 0.1) is 11.8 Å². The Hall–Kier alpha value is -0.500. The highest BCUT2D eigenvalue weighted by Crippen LogP contribution is 2.19. The van der Waals surface area contributed by atoms with E-state index >= 15 is 0 Å². The molecule has 0 aromatic carbocycles. The first-order valence-corrected chi connectivity index (χ1v) is 10.3. The summed E-state index contributed by atoms with van der Waals surface area (Å²) >= 11 is 0. The van der Waals surface area contributed by atoms with Crippen molar-refractivity contribution in [3.05, 3.63) is 11.6 Å². The van der Waals surface area contributed by atoms with Gasteiger partial charge in [-0.05, 0) is 31.6 Å². The highest BCUT2D eigenvalue weighted by atomic mass is 16.5. The van der Waals surface area contributed by atoms with Crippen molar-refractivity contribution in [1.29, 1.82) is 0 Å². The van der Waals surface area contributed by atoms with Crippen LogP contribution in [0.2, 0.25) is 0 Å². The van der Waals surface area contributed by atoms with Crippen LogP contribution in [-0.4, -0.2) is 69.8 Å². The SMILES string of the molecule is CC(=CCOC[C@H](O)[C@H](O)[C@@H](O)[C@@H](O)CO)CCCC(C)CCCC(C)C. The number of ether oxygens (including phenoxy) is 1. The fourth-order valence-electron chi connectivity index (χ4n) is 2.90. The molecule has 0 heterocycles. The van der Waals surface area contributed by atoms with Gasteiger partial charge in [-0.15, -0.1) is 0 Å². The van der Waals surface area contributed by atoms with Gasteiger partial charge >= 0.3 is 0 Å². The van der Waals surface area contributed by atoms with E-state index in [1.807, 2.05) is 6.08 Å². The average molecular weight is 391 g/mol. The Kier molecular flexibility index (Phi) is 15.1. The summed E-state index contributed by atoms with van der Waals surface area (Å²) in [5.74, 6) is 1.54. The van der Waals surface area contributed by atoms with E-state index in [0.717, 1.165) is 24.7 Å². The molecule has 162 valence electrons. The molecule has 1 unspecified atom stereocenters. The van der Waals surface area contributed by atoms with Crippen LogP contribution in [0.15, 0.2) is 11.6 Å². The molecule has 0 amide bonds. The van der Waals surface area contributed by atoms with Crippen molar-refractivity contribution in [1.82, 2.24) is 0 Å². The summed E-state index contributed by atoms with van der Waals surface area (Å²) in [6.07, 6.45) is 3.23. The van der Waals surface area contributed by atoms with E-state index in [4.69, 9.17) is 9.84 Å². The predicted molar refractivity (Wildman–Crippen MR) is 107 cm³/mol. The number of hydrogen-bond donors (Lipinski definition) is 5. The van der Waals surface area contributed by atoms with Crippen molar-refractivity contribution < 1.29 is 30.3 Å². The van der Waals surface area contributed by atoms with Crippen molar-refractivity contribution in [3.8, 4) is 0 Å². The molecule has 27 heavy (non-hydrogen) atoms. The van der Waals surface area contributed by atoms with Gasteiger partial charge in [0.15, 0.2) is 0 Å². The van der Waals surface area contributed by atoms with Crippen LogP contribution in [0.5, 0.6) is 0 Å². The van der Waals surface area contributed by atoms with Crippen LogP contribution in [-0.2, 0) is 4.74 Å². The number of rotatable bonds is 16. The predicted octanol–water partition coefficient (Wildman–Crippen LogP) is 2.02. The lowest BCUT2D eigenvalue weighted by molar-refractivity contribution is -0.127. The van der Waals surface area contributed by atoms with E-state index in [0.29, 0.717) is 6.61 Å². The first-order chi connectivity index (χ1) is 12.7. The van der Waals surface area contributed by atoms with Crippen molar-refractivity contribution in [2.75, 3.05) is 19.8 Å². The number of hydrogen-bond acceptors (Lipinski definition) is 6. The van der Waals surface area contributed by atoms with E-state index in [1.54, 1.807) is 0 Å². The molecule has 0 spiro atoms. The van der Waals surface area contributed by atoms with Gasteiger partial charge in [-0.25, -0.2) is 0 Å². The van der Waals surface area contributed by atoms with Gasteiger partial charge in [0, 0.05) is 0 Å².